The molecule has 1 rings (SSSR count). The molecule has 15 heavy (non-hydrogen) atoms. The van der Waals surface area contributed by atoms with Crippen LogP contribution in [-0.4, -0.2) is 41.3 Å². The molecule has 1 heterocycles. The zero-order chi connectivity index (χ0) is 11.6. The summed E-state index contributed by atoms with van der Waals surface area (Å²) in [7, 11) is 1.60. The smallest absolute Gasteiger partial charge is 0.373 e. The Morgan fingerprint density at radius 2 is 2.13 bits per heavy atom. The van der Waals surface area contributed by atoms with Crippen molar-refractivity contribution in [1.29, 1.82) is 0 Å². The summed E-state index contributed by atoms with van der Waals surface area (Å²) in [5, 5.41) is 8.71. The lowest BCUT2D eigenvalue weighted by molar-refractivity contribution is -0.163. The molecule has 0 bridgehead atoms. The summed E-state index contributed by atoms with van der Waals surface area (Å²) in [5.74, 6) is -2.84. The number of amides is 1. The molecule has 5 heteroatoms. The molecule has 0 spiro atoms. The maximum absolute atomic E-state index is 11.9. The van der Waals surface area contributed by atoms with Crippen molar-refractivity contribution < 1.29 is 19.5 Å². The number of Topliss-reactive ketones (excluding diaryl/α,β-unsaturated/α-hetero) is 1. The number of carbonyl (C=O) groups excluding carboxylic acids is 2. The van der Waals surface area contributed by atoms with Gasteiger partial charge in [-0.1, -0.05) is 6.92 Å². The Balaban J connectivity index is 3.07. The number of ketones is 1. The van der Waals surface area contributed by atoms with Gasteiger partial charge >= 0.3 is 5.97 Å². The fourth-order valence-corrected chi connectivity index (χ4v) is 2.10. The maximum atomic E-state index is 11.9. The van der Waals surface area contributed by atoms with Gasteiger partial charge in [-0.3, -0.25) is 9.59 Å². The summed E-state index contributed by atoms with van der Waals surface area (Å²) in [6, 6.07) is 0. The lowest BCUT2D eigenvalue weighted by Crippen LogP contribution is -2.52. The molecule has 1 amide bonds. The molecule has 1 atom stereocenters. The summed E-state index contributed by atoms with van der Waals surface area (Å²) >= 11 is 0. The van der Waals surface area contributed by atoms with Crippen LogP contribution in [0, 0.1) is 5.41 Å². The summed E-state index contributed by atoms with van der Waals surface area (Å²) in [6.07, 6.45) is 1.27. The van der Waals surface area contributed by atoms with E-state index in [9.17, 15) is 14.4 Å². The van der Waals surface area contributed by atoms with Gasteiger partial charge in [-0.25, -0.2) is 4.79 Å². The van der Waals surface area contributed by atoms with Gasteiger partial charge in [0.15, 0.2) is 0 Å². The van der Waals surface area contributed by atoms with E-state index in [0.29, 0.717) is 19.4 Å². The summed E-state index contributed by atoms with van der Waals surface area (Å²) < 4.78 is 0. The Labute approximate surface area is 88.1 Å². The molecule has 1 unspecified atom stereocenters. The van der Waals surface area contributed by atoms with Crippen LogP contribution in [0.1, 0.15) is 26.2 Å². The highest BCUT2D eigenvalue weighted by molar-refractivity contribution is 6.39. The average molecular weight is 213 g/mol. The Morgan fingerprint density at radius 1 is 1.53 bits per heavy atom. The zero-order valence-corrected chi connectivity index (χ0v) is 8.95. The highest BCUT2D eigenvalue weighted by atomic mass is 16.4. The Morgan fingerprint density at radius 3 is 2.60 bits per heavy atom. The van der Waals surface area contributed by atoms with E-state index in [-0.39, 0.29) is 12.3 Å². The fourth-order valence-electron chi connectivity index (χ4n) is 2.10. The average Bonchev–Trinajstić information content (AvgIpc) is 2.21. The van der Waals surface area contributed by atoms with Crippen molar-refractivity contribution in [3.05, 3.63) is 0 Å². The fraction of sp³-hybridized carbons (Fsp3) is 0.700. The third kappa shape index (κ3) is 1.73. The number of hydrogen-bond donors (Lipinski definition) is 1. The van der Waals surface area contributed by atoms with E-state index in [1.54, 1.807) is 14.0 Å². The lowest BCUT2D eigenvalue weighted by Gasteiger charge is -2.37. The molecule has 0 radical (unpaired) electrons. The number of rotatable bonds is 3. The Hall–Kier alpha value is -1.39. The van der Waals surface area contributed by atoms with Crippen LogP contribution in [0.2, 0.25) is 0 Å². The molecule has 84 valence electrons. The minimum Gasteiger partial charge on any atom is -0.475 e. The summed E-state index contributed by atoms with van der Waals surface area (Å²) in [4.78, 5) is 35.6. The van der Waals surface area contributed by atoms with Crippen molar-refractivity contribution in [1.82, 2.24) is 4.90 Å². The molecule has 1 N–H and O–H groups in total. The van der Waals surface area contributed by atoms with Crippen LogP contribution in [0.15, 0.2) is 0 Å². The topological polar surface area (TPSA) is 74.7 Å². The van der Waals surface area contributed by atoms with Crippen LogP contribution in [0.3, 0.4) is 0 Å². The van der Waals surface area contributed by atoms with Gasteiger partial charge in [-0.15, -0.1) is 0 Å². The van der Waals surface area contributed by atoms with E-state index in [2.05, 4.69) is 0 Å². The number of carboxylic acids is 1. The first-order chi connectivity index (χ1) is 6.95. The van der Waals surface area contributed by atoms with Crippen LogP contribution in [0.5, 0.6) is 0 Å². The normalized spacial score (nSPS) is 26.5. The number of likely N-dealkylation sites (tertiary alicyclic amines) is 1. The number of carboxylic acid groups (broad SMARTS) is 1. The van der Waals surface area contributed by atoms with Gasteiger partial charge in [0, 0.05) is 13.6 Å². The molecule has 5 nitrogen and oxygen atoms in total. The van der Waals surface area contributed by atoms with Gasteiger partial charge in [-0.2, -0.15) is 0 Å². The molecular weight excluding hydrogens is 198 g/mol. The summed E-state index contributed by atoms with van der Waals surface area (Å²) in [6.45, 7) is 2.27. The SMILES string of the molecule is CCC1(C(=O)C(=O)O)CCCN(C)C1=O. The standard InChI is InChI=1S/C10H15NO4/c1-3-10(7(12)8(13)14)5-4-6-11(2)9(10)15/h3-6H2,1-2H3,(H,13,14). The second kappa shape index (κ2) is 4.00. The predicted molar refractivity (Wildman–Crippen MR) is 52.2 cm³/mol. The predicted octanol–water partition coefficient (Wildman–Crippen LogP) is 0.289. The van der Waals surface area contributed by atoms with Gasteiger partial charge in [-0.05, 0) is 19.3 Å². The number of aliphatic carboxylic acids is 1. The van der Waals surface area contributed by atoms with Crippen LogP contribution in [-0.2, 0) is 14.4 Å². The van der Waals surface area contributed by atoms with Gasteiger partial charge in [0.25, 0.3) is 5.78 Å². The van der Waals surface area contributed by atoms with Gasteiger partial charge in [0.1, 0.15) is 5.41 Å². The van der Waals surface area contributed by atoms with Gasteiger partial charge < -0.3 is 10.0 Å². The van der Waals surface area contributed by atoms with Gasteiger partial charge in [0.05, 0.1) is 0 Å². The molecule has 0 aromatic rings. The molecule has 0 aromatic heterocycles. The molecule has 1 aliphatic heterocycles. The van der Waals surface area contributed by atoms with E-state index in [0.717, 1.165) is 0 Å². The van der Waals surface area contributed by atoms with E-state index < -0.39 is 17.2 Å². The molecule has 1 fully saturated rings. The molecule has 1 aliphatic rings. The molecular formula is C10H15NO4. The van der Waals surface area contributed by atoms with E-state index >= 15 is 0 Å². The van der Waals surface area contributed by atoms with E-state index in [1.165, 1.54) is 4.90 Å². The molecule has 0 aliphatic carbocycles. The van der Waals surface area contributed by atoms with Crippen molar-refractivity contribution >= 4 is 17.7 Å². The zero-order valence-electron chi connectivity index (χ0n) is 8.95. The number of nitrogens with zero attached hydrogens (tertiary/aromatic N) is 1. The quantitative estimate of drug-likeness (QED) is 0.540. The highest BCUT2D eigenvalue weighted by Crippen LogP contribution is 2.35. The minimum absolute atomic E-state index is 0.251. The maximum Gasteiger partial charge on any atom is 0.373 e. The summed E-state index contributed by atoms with van der Waals surface area (Å²) in [5.41, 5.74) is -1.32. The number of hydrogen-bond acceptors (Lipinski definition) is 3. The first-order valence-electron chi connectivity index (χ1n) is 4.99. The highest BCUT2D eigenvalue weighted by Gasteiger charge is 2.50. The van der Waals surface area contributed by atoms with Crippen molar-refractivity contribution in [2.75, 3.05) is 13.6 Å². The minimum atomic E-state index is -1.51. The van der Waals surface area contributed by atoms with Crippen LogP contribution >= 0.6 is 0 Å². The molecule has 0 aromatic carbocycles. The third-order valence-electron chi connectivity index (χ3n) is 3.09. The lowest BCUT2D eigenvalue weighted by atomic mass is 9.73. The third-order valence-corrected chi connectivity index (χ3v) is 3.09. The van der Waals surface area contributed by atoms with E-state index in [1.807, 2.05) is 0 Å². The molecule has 1 saturated heterocycles. The number of carbonyl (C=O) groups is 3. The second-order valence-corrected chi connectivity index (χ2v) is 3.90. The van der Waals surface area contributed by atoms with Crippen LogP contribution in [0.4, 0.5) is 0 Å². The Kier molecular flexibility index (Phi) is 3.12. The van der Waals surface area contributed by atoms with Gasteiger partial charge in [0.2, 0.25) is 5.91 Å². The van der Waals surface area contributed by atoms with Crippen LogP contribution in [0.25, 0.3) is 0 Å². The first kappa shape index (κ1) is 11.7. The molecule has 0 saturated carbocycles. The van der Waals surface area contributed by atoms with Crippen molar-refractivity contribution in [2.24, 2.45) is 5.41 Å². The Bertz CT molecular complexity index is 313. The van der Waals surface area contributed by atoms with Crippen molar-refractivity contribution in [2.45, 2.75) is 26.2 Å². The van der Waals surface area contributed by atoms with Crippen molar-refractivity contribution in [3.8, 4) is 0 Å². The number of piperidine rings is 1. The second-order valence-electron chi connectivity index (χ2n) is 3.90. The van der Waals surface area contributed by atoms with Crippen molar-refractivity contribution in [3.63, 3.8) is 0 Å². The van der Waals surface area contributed by atoms with E-state index in [4.69, 9.17) is 5.11 Å². The van der Waals surface area contributed by atoms with Crippen LogP contribution < -0.4 is 0 Å². The largest absolute Gasteiger partial charge is 0.475 e. The first-order valence-corrected chi connectivity index (χ1v) is 4.99. The monoisotopic (exact) mass is 213 g/mol.